The van der Waals surface area contributed by atoms with E-state index in [0.29, 0.717) is 17.8 Å². The van der Waals surface area contributed by atoms with Crippen molar-refractivity contribution in [2.75, 3.05) is 6.66 Å². The van der Waals surface area contributed by atoms with Gasteiger partial charge in [0.25, 0.3) is 0 Å². The van der Waals surface area contributed by atoms with Crippen LogP contribution in [0.2, 0.25) is 0 Å². The summed E-state index contributed by atoms with van der Waals surface area (Å²) in [5, 5.41) is 1.61. The molecule has 1 heteroatoms. The number of hydrogen-bond donors (Lipinski definition) is 0. The molecule has 0 fully saturated rings. The van der Waals surface area contributed by atoms with Gasteiger partial charge in [-0.1, -0.05) is 62.3 Å². The van der Waals surface area contributed by atoms with Gasteiger partial charge in [-0.05, 0) is 46.4 Å². The Bertz CT molecular complexity index is 346. The average Bonchev–Trinajstić information content (AvgIpc) is 2.26. The zero-order valence-corrected chi connectivity index (χ0v) is 13.4. The van der Waals surface area contributed by atoms with Crippen LogP contribution in [0.3, 0.4) is 0 Å². The molecule has 0 spiro atoms. The lowest BCUT2D eigenvalue weighted by molar-refractivity contribution is 0.813. The van der Waals surface area contributed by atoms with Gasteiger partial charge in [0.1, 0.15) is 0 Å². The Balaban J connectivity index is 3.46. The second-order valence-electron chi connectivity index (χ2n) is 5.79. The highest BCUT2D eigenvalue weighted by Gasteiger charge is 2.15. The SMILES string of the molecule is CPc1c(C(C)C)cc(C(C)C)cc1C(C)C. The van der Waals surface area contributed by atoms with E-state index < -0.39 is 0 Å². The summed E-state index contributed by atoms with van der Waals surface area (Å²) in [6, 6.07) is 4.88. The molecule has 0 aliphatic rings. The van der Waals surface area contributed by atoms with Crippen molar-refractivity contribution in [2.45, 2.75) is 59.3 Å². The normalized spacial score (nSPS) is 12.6. The minimum atomic E-state index is 0.624. The molecule has 1 unspecified atom stereocenters. The highest BCUT2D eigenvalue weighted by atomic mass is 31.1. The summed E-state index contributed by atoms with van der Waals surface area (Å²) in [5.41, 5.74) is 4.64. The fraction of sp³-hybridized carbons (Fsp3) is 0.625. The van der Waals surface area contributed by atoms with Crippen LogP contribution in [0.1, 0.15) is 76.0 Å². The van der Waals surface area contributed by atoms with Gasteiger partial charge in [0.05, 0.1) is 0 Å². The van der Waals surface area contributed by atoms with Crippen molar-refractivity contribution >= 4 is 13.9 Å². The van der Waals surface area contributed by atoms with Crippen molar-refractivity contribution in [1.82, 2.24) is 0 Å². The van der Waals surface area contributed by atoms with Gasteiger partial charge >= 0.3 is 0 Å². The Labute approximate surface area is 109 Å². The van der Waals surface area contributed by atoms with Crippen LogP contribution in [0, 0.1) is 0 Å². The van der Waals surface area contributed by atoms with Crippen LogP contribution in [0.4, 0.5) is 0 Å². The molecule has 0 saturated heterocycles. The molecule has 1 aromatic rings. The first-order valence-corrected chi connectivity index (χ1v) is 8.23. The molecule has 0 aliphatic carbocycles. The third-order valence-corrected chi connectivity index (χ3v) is 4.46. The average molecular weight is 250 g/mol. The molecule has 96 valence electrons. The van der Waals surface area contributed by atoms with E-state index in [-0.39, 0.29) is 0 Å². The van der Waals surface area contributed by atoms with Crippen molar-refractivity contribution in [1.29, 1.82) is 0 Å². The maximum absolute atomic E-state index is 2.44. The fourth-order valence-electron chi connectivity index (χ4n) is 2.24. The summed E-state index contributed by atoms with van der Waals surface area (Å²) in [6.45, 7) is 16.1. The van der Waals surface area contributed by atoms with Gasteiger partial charge < -0.3 is 0 Å². The van der Waals surface area contributed by atoms with Crippen molar-refractivity contribution in [3.63, 3.8) is 0 Å². The van der Waals surface area contributed by atoms with Gasteiger partial charge in [-0.2, -0.15) is 0 Å². The molecule has 0 heterocycles. The van der Waals surface area contributed by atoms with Gasteiger partial charge in [0, 0.05) is 0 Å². The second kappa shape index (κ2) is 6.01. The lowest BCUT2D eigenvalue weighted by atomic mass is 9.89. The summed E-state index contributed by atoms with van der Waals surface area (Å²) < 4.78 is 0. The van der Waals surface area contributed by atoms with Crippen LogP contribution in [0.5, 0.6) is 0 Å². The van der Waals surface area contributed by atoms with E-state index in [2.05, 4.69) is 60.3 Å². The van der Waals surface area contributed by atoms with Crippen LogP contribution < -0.4 is 5.30 Å². The van der Waals surface area contributed by atoms with E-state index >= 15 is 0 Å². The van der Waals surface area contributed by atoms with E-state index in [9.17, 15) is 0 Å². The number of benzene rings is 1. The molecule has 0 aromatic heterocycles. The minimum Gasteiger partial charge on any atom is -0.0930 e. The van der Waals surface area contributed by atoms with Crippen molar-refractivity contribution in [3.8, 4) is 0 Å². The fourth-order valence-corrected chi connectivity index (χ4v) is 3.54. The third kappa shape index (κ3) is 3.32. The first kappa shape index (κ1) is 14.7. The zero-order chi connectivity index (χ0) is 13.2. The first-order chi connectivity index (χ1) is 7.88. The maximum atomic E-state index is 2.44. The Morgan fingerprint density at radius 3 is 1.41 bits per heavy atom. The largest absolute Gasteiger partial charge is 0.0930 e. The first-order valence-electron chi connectivity index (χ1n) is 6.73. The topological polar surface area (TPSA) is 0 Å². The molecule has 0 aliphatic heterocycles. The van der Waals surface area contributed by atoms with E-state index in [4.69, 9.17) is 0 Å². The summed E-state index contributed by atoms with van der Waals surface area (Å²) in [5.74, 6) is 1.89. The highest BCUT2D eigenvalue weighted by Crippen LogP contribution is 2.29. The van der Waals surface area contributed by atoms with Gasteiger partial charge in [-0.25, -0.2) is 0 Å². The molecular weight excluding hydrogens is 223 g/mol. The lowest BCUT2D eigenvalue weighted by Crippen LogP contribution is -2.15. The van der Waals surface area contributed by atoms with Crippen LogP contribution in [-0.4, -0.2) is 6.66 Å². The molecule has 0 nitrogen and oxygen atoms in total. The maximum Gasteiger partial charge on any atom is -0.0205 e. The van der Waals surface area contributed by atoms with E-state index in [0.717, 1.165) is 8.58 Å². The molecule has 17 heavy (non-hydrogen) atoms. The number of hydrogen-bond acceptors (Lipinski definition) is 0. The Morgan fingerprint density at radius 1 is 0.765 bits per heavy atom. The van der Waals surface area contributed by atoms with E-state index in [1.807, 2.05) is 0 Å². The lowest BCUT2D eigenvalue weighted by Gasteiger charge is -2.22. The summed E-state index contributed by atoms with van der Waals surface area (Å²) in [4.78, 5) is 0. The third-order valence-electron chi connectivity index (χ3n) is 3.38. The van der Waals surface area contributed by atoms with Crippen LogP contribution in [0.15, 0.2) is 12.1 Å². The van der Waals surface area contributed by atoms with Crippen molar-refractivity contribution in [2.24, 2.45) is 0 Å². The van der Waals surface area contributed by atoms with Gasteiger partial charge in [-0.3, -0.25) is 0 Å². The Kier molecular flexibility index (Phi) is 5.20. The summed E-state index contributed by atoms with van der Waals surface area (Å²) >= 11 is 0. The van der Waals surface area contributed by atoms with Gasteiger partial charge in [0.15, 0.2) is 0 Å². The smallest absolute Gasteiger partial charge is 0.0205 e. The molecular formula is C16H27P. The van der Waals surface area contributed by atoms with Crippen molar-refractivity contribution in [3.05, 3.63) is 28.8 Å². The van der Waals surface area contributed by atoms with Gasteiger partial charge in [0.2, 0.25) is 0 Å². The van der Waals surface area contributed by atoms with Crippen LogP contribution in [-0.2, 0) is 0 Å². The van der Waals surface area contributed by atoms with E-state index in [1.54, 1.807) is 16.4 Å². The number of rotatable bonds is 4. The monoisotopic (exact) mass is 250 g/mol. The summed E-state index contributed by atoms with van der Waals surface area (Å²) in [6.07, 6.45) is 0. The van der Waals surface area contributed by atoms with E-state index in [1.165, 1.54) is 5.56 Å². The van der Waals surface area contributed by atoms with Gasteiger partial charge in [-0.15, -0.1) is 0 Å². The molecule has 0 amide bonds. The molecule has 1 atom stereocenters. The standard InChI is InChI=1S/C16H27P/c1-10(2)13-8-14(11(3)4)16(17-7)15(9-13)12(5)6/h8-12,17H,1-7H3. The van der Waals surface area contributed by atoms with Crippen LogP contribution in [0.25, 0.3) is 0 Å². The quantitative estimate of drug-likeness (QED) is 0.660. The summed E-state index contributed by atoms with van der Waals surface area (Å²) in [7, 11) is 0.903. The second-order valence-corrected chi connectivity index (χ2v) is 6.79. The van der Waals surface area contributed by atoms with Crippen LogP contribution >= 0.6 is 8.58 Å². The molecule has 0 N–H and O–H groups in total. The molecule has 0 bridgehead atoms. The Hall–Kier alpha value is -0.350. The zero-order valence-electron chi connectivity index (χ0n) is 12.4. The molecule has 1 aromatic carbocycles. The predicted octanol–water partition coefficient (Wildman–Crippen LogP) is 4.99. The Morgan fingerprint density at radius 2 is 1.18 bits per heavy atom. The molecule has 0 saturated carbocycles. The predicted molar refractivity (Wildman–Crippen MR) is 82.6 cm³/mol. The highest BCUT2D eigenvalue weighted by molar-refractivity contribution is 7.46. The molecule has 1 rings (SSSR count). The van der Waals surface area contributed by atoms with Crippen molar-refractivity contribution < 1.29 is 0 Å². The minimum absolute atomic E-state index is 0.624. The molecule has 0 radical (unpaired) electrons.